The van der Waals surface area contributed by atoms with Gasteiger partial charge in [-0.25, -0.2) is 4.79 Å². The van der Waals surface area contributed by atoms with Crippen LogP contribution in [0.2, 0.25) is 0 Å². The van der Waals surface area contributed by atoms with Crippen molar-refractivity contribution in [3.8, 4) is 0 Å². The van der Waals surface area contributed by atoms with Crippen molar-refractivity contribution < 1.29 is 23.7 Å². The summed E-state index contributed by atoms with van der Waals surface area (Å²) in [5, 5.41) is 0. The minimum Gasteiger partial charge on any atom is -0.464 e. The summed E-state index contributed by atoms with van der Waals surface area (Å²) in [6.07, 6.45) is 1.02. The number of carbonyl (C=O) groups is 1. The van der Waals surface area contributed by atoms with Crippen molar-refractivity contribution in [3.63, 3.8) is 0 Å². The van der Waals surface area contributed by atoms with Crippen LogP contribution < -0.4 is 0 Å². The van der Waals surface area contributed by atoms with Crippen LogP contribution in [-0.2, 0) is 23.7 Å². The number of hydrogen-bond acceptors (Lipinski definition) is 5. The Morgan fingerprint density at radius 1 is 0.875 bits per heavy atom. The zero-order valence-corrected chi connectivity index (χ0v) is 10.2. The molecule has 0 N–H and O–H groups in total. The van der Waals surface area contributed by atoms with E-state index in [1.165, 1.54) is 0 Å². The molecule has 0 bridgehead atoms. The first-order valence-corrected chi connectivity index (χ1v) is 5.70. The van der Waals surface area contributed by atoms with Gasteiger partial charge in [-0.05, 0) is 13.3 Å². The zero-order valence-electron chi connectivity index (χ0n) is 10.2. The van der Waals surface area contributed by atoms with Gasteiger partial charge < -0.3 is 18.9 Å². The summed E-state index contributed by atoms with van der Waals surface area (Å²) < 4.78 is 20.2. The average Bonchev–Trinajstić information content (AvgIpc) is 2.27. The van der Waals surface area contributed by atoms with Crippen molar-refractivity contribution in [1.82, 2.24) is 0 Å². The van der Waals surface area contributed by atoms with E-state index in [1.54, 1.807) is 6.92 Å². The van der Waals surface area contributed by atoms with E-state index in [0.29, 0.717) is 33.0 Å². The third kappa shape index (κ3) is 11.4. The molecule has 0 fully saturated rings. The molecule has 0 saturated heterocycles. The van der Waals surface area contributed by atoms with Gasteiger partial charge in [-0.3, -0.25) is 0 Å². The highest BCUT2D eigenvalue weighted by Crippen LogP contribution is 1.84. The van der Waals surface area contributed by atoms with Crippen LogP contribution in [0.5, 0.6) is 0 Å². The van der Waals surface area contributed by atoms with Crippen LogP contribution in [0.3, 0.4) is 0 Å². The molecule has 0 aromatic rings. The highest BCUT2D eigenvalue weighted by molar-refractivity contribution is 5.70. The quantitative estimate of drug-likeness (QED) is 0.394. The Morgan fingerprint density at radius 2 is 1.44 bits per heavy atom. The third-order valence-corrected chi connectivity index (χ3v) is 1.62. The van der Waals surface area contributed by atoms with Crippen LogP contribution in [0.15, 0.2) is 0 Å². The molecule has 0 aliphatic rings. The lowest BCUT2D eigenvalue weighted by Gasteiger charge is -2.06. The SMILES string of the molecule is CCCOCCOCCOCC(=O)OCC. The minimum absolute atomic E-state index is 0.0104. The zero-order chi connectivity index (χ0) is 12.1. The molecule has 0 aromatic heterocycles. The summed E-state index contributed by atoms with van der Waals surface area (Å²) in [5.41, 5.74) is 0. The lowest BCUT2D eigenvalue weighted by atomic mass is 10.5. The topological polar surface area (TPSA) is 54.0 Å². The van der Waals surface area contributed by atoms with Gasteiger partial charge in [0.1, 0.15) is 6.61 Å². The Morgan fingerprint density at radius 3 is 2.00 bits per heavy atom. The van der Waals surface area contributed by atoms with Gasteiger partial charge in [0.2, 0.25) is 0 Å². The molecule has 0 saturated carbocycles. The van der Waals surface area contributed by atoms with E-state index in [0.717, 1.165) is 13.0 Å². The Kier molecular flexibility index (Phi) is 11.9. The molecule has 0 rings (SSSR count). The highest BCUT2D eigenvalue weighted by Gasteiger charge is 2.00. The maximum atomic E-state index is 10.8. The minimum atomic E-state index is -0.339. The van der Waals surface area contributed by atoms with Crippen LogP contribution in [0, 0.1) is 0 Å². The lowest BCUT2D eigenvalue weighted by molar-refractivity contribution is -0.148. The maximum Gasteiger partial charge on any atom is 0.332 e. The molecule has 0 heterocycles. The predicted octanol–water partition coefficient (Wildman–Crippen LogP) is 1.01. The van der Waals surface area contributed by atoms with Crippen LogP contribution >= 0.6 is 0 Å². The fourth-order valence-corrected chi connectivity index (χ4v) is 0.942. The summed E-state index contributed by atoms with van der Waals surface area (Å²) in [4.78, 5) is 10.8. The second-order valence-corrected chi connectivity index (χ2v) is 3.08. The molecule has 0 aromatic carbocycles. The molecular formula is C11H22O5. The van der Waals surface area contributed by atoms with Gasteiger partial charge >= 0.3 is 5.97 Å². The molecule has 0 spiro atoms. The normalized spacial score (nSPS) is 10.4. The molecule has 0 radical (unpaired) electrons. The molecule has 5 nitrogen and oxygen atoms in total. The lowest BCUT2D eigenvalue weighted by Crippen LogP contribution is -2.15. The third-order valence-electron chi connectivity index (χ3n) is 1.62. The summed E-state index contributed by atoms with van der Waals surface area (Å²) >= 11 is 0. The van der Waals surface area contributed by atoms with Crippen molar-refractivity contribution in [2.45, 2.75) is 20.3 Å². The first-order valence-electron chi connectivity index (χ1n) is 5.70. The number of carbonyl (C=O) groups excluding carboxylic acids is 1. The largest absolute Gasteiger partial charge is 0.464 e. The Hall–Kier alpha value is -0.650. The Bertz CT molecular complexity index is 160. The van der Waals surface area contributed by atoms with E-state index in [9.17, 15) is 4.79 Å². The smallest absolute Gasteiger partial charge is 0.332 e. The van der Waals surface area contributed by atoms with Gasteiger partial charge in [0.15, 0.2) is 0 Å². The van der Waals surface area contributed by atoms with Gasteiger partial charge in [0.05, 0.1) is 33.0 Å². The number of rotatable bonds is 11. The van der Waals surface area contributed by atoms with Gasteiger partial charge in [0.25, 0.3) is 0 Å². The van der Waals surface area contributed by atoms with Gasteiger partial charge in [0, 0.05) is 6.61 Å². The van der Waals surface area contributed by atoms with Crippen molar-refractivity contribution in [2.24, 2.45) is 0 Å². The van der Waals surface area contributed by atoms with E-state index in [4.69, 9.17) is 14.2 Å². The first-order chi connectivity index (χ1) is 7.81. The van der Waals surface area contributed by atoms with E-state index in [2.05, 4.69) is 11.7 Å². The Labute approximate surface area is 97.0 Å². The van der Waals surface area contributed by atoms with Crippen LogP contribution in [0.25, 0.3) is 0 Å². The van der Waals surface area contributed by atoms with Crippen molar-refractivity contribution in [3.05, 3.63) is 0 Å². The number of esters is 1. The first kappa shape index (κ1) is 15.3. The van der Waals surface area contributed by atoms with Crippen LogP contribution in [0.4, 0.5) is 0 Å². The van der Waals surface area contributed by atoms with Crippen LogP contribution in [-0.4, -0.2) is 52.2 Å². The second-order valence-electron chi connectivity index (χ2n) is 3.08. The molecule has 0 amide bonds. The summed E-state index contributed by atoms with van der Waals surface area (Å²) in [5.74, 6) is -0.339. The van der Waals surface area contributed by atoms with E-state index < -0.39 is 0 Å². The maximum absolute atomic E-state index is 10.8. The molecule has 0 atom stereocenters. The Balaban J connectivity index is 3.01. The highest BCUT2D eigenvalue weighted by atomic mass is 16.6. The molecule has 96 valence electrons. The van der Waals surface area contributed by atoms with Crippen molar-refractivity contribution in [2.75, 3.05) is 46.2 Å². The van der Waals surface area contributed by atoms with Gasteiger partial charge in [-0.2, -0.15) is 0 Å². The molecule has 5 heteroatoms. The second kappa shape index (κ2) is 12.4. The molecule has 16 heavy (non-hydrogen) atoms. The summed E-state index contributed by atoms with van der Waals surface area (Å²) in [6.45, 7) is 6.98. The molecule has 0 aliphatic heterocycles. The average molecular weight is 234 g/mol. The van der Waals surface area contributed by atoms with Gasteiger partial charge in [-0.1, -0.05) is 6.92 Å². The summed E-state index contributed by atoms with van der Waals surface area (Å²) in [6, 6.07) is 0. The molecule has 0 aliphatic carbocycles. The van der Waals surface area contributed by atoms with E-state index in [-0.39, 0.29) is 12.6 Å². The summed E-state index contributed by atoms with van der Waals surface area (Å²) in [7, 11) is 0. The van der Waals surface area contributed by atoms with Crippen molar-refractivity contribution >= 4 is 5.97 Å². The van der Waals surface area contributed by atoms with E-state index >= 15 is 0 Å². The monoisotopic (exact) mass is 234 g/mol. The standard InChI is InChI=1S/C11H22O5/c1-3-5-13-6-7-14-8-9-15-10-11(12)16-4-2/h3-10H2,1-2H3. The van der Waals surface area contributed by atoms with Crippen molar-refractivity contribution in [1.29, 1.82) is 0 Å². The number of ether oxygens (including phenoxy) is 4. The van der Waals surface area contributed by atoms with Crippen LogP contribution in [0.1, 0.15) is 20.3 Å². The molecule has 0 unspecified atom stereocenters. The molecular weight excluding hydrogens is 212 g/mol. The number of hydrogen-bond donors (Lipinski definition) is 0. The van der Waals surface area contributed by atoms with Gasteiger partial charge in [-0.15, -0.1) is 0 Å². The van der Waals surface area contributed by atoms with E-state index in [1.807, 2.05) is 0 Å². The fourth-order valence-electron chi connectivity index (χ4n) is 0.942. The predicted molar refractivity (Wildman–Crippen MR) is 59.4 cm³/mol. The fraction of sp³-hybridized carbons (Fsp3) is 0.909.